The molecule has 1 unspecified atom stereocenters. The van der Waals surface area contributed by atoms with E-state index in [9.17, 15) is 27.6 Å². The van der Waals surface area contributed by atoms with Gasteiger partial charge in [-0.05, 0) is 62.2 Å². The lowest BCUT2D eigenvalue weighted by molar-refractivity contribution is -0.126. The molecular formula is C24H26N6O6S. The molecule has 37 heavy (non-hydrogen) atoms. The molecule has 0 aromatic heterocycles. The minimum Gasteiger partial charge on any atom is -0.324 e. The summed E-state index contributed by atoms with van der Waals surface area (Å²) in [6.45, 7) is 2.47. The lowest BCUT2D eigenvalue weighted by Gasteiger charge is -2.20. The molecule has 0 saturated carbocycles. The molecule has 1 atom stereocenters. The zero-order valence-corrected chi connectivity index (χ0v) is 20.9. The molecule has 4 rings (SSSR count). The van der Waals surface area contributed by atoms with Crippen LogP contribution in [0, 0.1) is 0 Å². The predicted octanol–water partition coefficient (Wildman–Crippen LogP) is 2.32. The first-order chi connectivity index (χ1) is 17.6. The Bertz CT molecular complexity index is 1360. The number of ketones is 1. The number of hydrogen-bond acceptors (Lipinski definition) is 9. The monoisotopic (exact) mass is 526 g/mol. The third kappa shape index (κ3) is 6.31. The summed E-state index contributed by atoms with van der Waals surface area (Å²) in [5.41, 5.74) is 0.796. The highest BCUT2D eigenvalue weighted by Crippen LogP contribution is 2.23. The fourth-order valence-electron chi connectivity index (χ4n) is 3.97. The van der Waals surface area contributed by atoms with Crippen LogP contribution in [0.25, 0.3) is 0 Å². The minimum atomic E-state index is -3.78. The molecule has 3 N–H and O–H groups in total. The van der Waals surface area contributed by atoms with E-state index in [1.54, 1.807) is 5.01 Å². The molecule has 194 valence electrons. The van der Waals surface area contributed by atoms with Gasteiger partial charge in [0.2, 0.25) is 6.04 Å². The van der Waals surface area contributed by atoms with E-state index < -0.39 is 39.6 Å². The van der Waals surface area contributed by atoms with Gasteiger partial charge in [-0.2, -0.15) is 10.2 Å². The SMILES string of the molecule is CC(=O)C(N=Nc1ccc2c(c1)C(=O)NC2=O)C(=O)Nc1ccc(S(=O)(=O)NN2CCCCCC2)cc1. The Hall–Kier alpha value is -3.81. The molecule has 2 aromatic rings. The summed E-state index contributed by atoms with van der Waals surface area (Å²) in [6, 6.07) is 8.26. The molecule has 2 aliphatic rings. The lowest BCUT2D eigenvalue weighted by atomic mass is 10.1. The van der Waals surface area contributed by atoms with E-state index >= 15 is 0 Å². The van der Waals surface area contributed by atoms with Crippen LogP contribution in [-0.4, -0.2) is 56.1 Å². The molecule has 0 aliphatic carbocycles. The smallest absolute Gasteiger partial charge is 0.259 e. The normalized spacial score (nSPS) is 17.2. The summed E-state index contributed by atoms with van der Waals surface area (Å²) in [5.74, 6) is -2.41. The Balaban J connectivity index is 1.42. The van der Waals surface area contributed by atoms with Gasteiger partial charge in [0.1, 0.15) is 0 Å². The van der Waals surface area contributed by atoms with Gasteiger partial charge >= 0.3 is 0 Å². The number of rotatable bonds is 8. The van der Waals surface area contributed by atoms with E-state index in [0.717, 1.165) is 25.7 Å². The number of azo groups is 1. The van der Waals surface area contributed by atoms with Crippen molar-refractivity contribution in [2.75, 3.05) is 18.4 Å². The fraction of sp³-hybridized carbons (Fsp3) is 0.333. The number of Topliss-reactive ketones (excluding diaryl/α,β-unsaturated/α-hetero) is 1. The zero-order valence-electron chi connectivity index (χ0n) is 20.1. The number of hydrazine groups is 1. The van der Waals surface area contributed by atoms with E-state index in [2.05, 4.69) is 25.7 Å². The fourth-order valence-corrected chi connectivity index (χ4v) is 5.10. The van der Waals surface area contributed by atoms with Crippen molar-refractivity contribution in [3.05, 3.63) is 53.6 Å². The highest BCUT2D eigenvalue weighted by atomic mass is 32.2. The van der Waals surface area contributed by atoms with Gasteiger partial charge in [0.15, 0.2) is 5.78 Å². The number of carbonyl (C=O) groups excluding carboxylic acids is 4. The van der Waals surface area contributed by atoms with Crippen LogP contribution in [0.1, 0.15) is 53.3 Å². The lowest BCUT2D eigenvalue weighted by Crippen LogP contribution is -2.42. The molecule has 2 heterocycles. The molecule has 2 aromatic carbocycles. The topological polar surface area (TPSA) is 166 Å². The minimum absolute atomic E-state index is 0.0386. The first kappa shape index (κ1) is 26.3. The second kappa shape index (κ2) is 11.1. The quantitative estimate of drug-likeness (QED) is 0.270. The second-order valence-electron chi connectivity index (χ2n) is 8.75. The Morgan fingerprint density at radius 3 is 2.24 bits per heavy atom. The van der Waals surface area contributed by atoms with Gasteiger partial charge in [-0.3, -0.25) is 24.5 Å². The average Bonchev–Trinajstić information content (AvgIpc) is 3.00. The first-order valence-corrected chi connectivity index (χ1v) is 13.2. The van der Waals surface area contributed by atoms with Gasteiger partial charge in [-0.1, -0.05) is 12.8 Å². The third-order valence-corrected chi connectivity index (χ3v) is 7.32. The van der Waals surface area contributed by atoms with Crippen molar-refractivity contribution in [1.82, 2.24) is 15.2 Å². The zero-order chi connectivity index (χ0) is 26.6. The van der Waals surface area contributed by atoms with Crippen LogP contribution < -0.4 is 15.5 Å². The van der Waals surface area contributed by atoms with Gasteiger partial charge in [-0.25, -0.2) is 13.4 Å². The molecule has 3 amide bonds. The molecule has 1 fully saturated rings. The maximum Gasteiger partial charge on any atom is 0.259 e. The Kier molecular flexibility index (Phi) is 7.86. The molecule has 2 aliphatic heterocycles. The number of imide groups is 1. The van der Waals surface area contributed by atoms with Gasteiger partial charge in [0.05, 0.1) is 21.7 Å². The number of fused-ring (bicyclic) bond motifs is 1. The Morgan fingerprint density at radius 2 is 1.59 bits per heavy atom. The van der Waals surface area contributed by atoms with Crippen LogP contribution in [0.3, 0.4) is 0 Å². The number of nitrogens with zero attached hydrogens (tertiary/aromatic N) is 3. The summed E-state index contributed by atoms with van der Waals surface area (Å²) >= 11 is 0. The molecule has 0 bridgehead atoms. The summed E-state index contributed by atoms with van der Waals surface area (Å²) in [4.78, 5) is 50.9. The summed E-state index contributed by atoms with van der Waals surface area (Å²) in [5, 5.41) is 14.1. The highest BCUT2D eigenvalue weighted by molar-refractivity contribution is 7.89. The van der Waals surface area contributed by atoms with E-state index in [4.69, 9.17) is 0 Å². The molecule has 13 heteroatoms. The van der Waals surface area contributed by atoms with Gasteiger partial charge in [0, 0.05) is 18.8 Å². The largest absolute Gasteiger partial charge is 0.324 e. The van der Waals surface area contributed by atoms with Crippen LogP contribution in [0.15, 0.2) is 57.6 Å². The predicted molar refractivity (Wildman–Crippen MR) is 133 cm³/mol. The molecular weight excluding hydrogens is 500 g/mol. The van der Waals surface area contributed by atoms with Gasteiger partial charge in [-0.15, -0.1) is 4.83 Å². The van der Waals surface area contributed by atoms with Crippen LogP contribution in [0.5, 0.6) is 0 Å². The number of amides is 3. The van der Waals surface area contributed by atoms with Crippen LogP contribution in [-0.2, 0) is 19.6 Å². The van der Waals surface area contributed by atoms with Crippen molar-refractivity contribution >= 4 is 44.9 Å². The summed E-state index contributed by atoms with van der Waals surface area (Å²) < 4.78 is 25.4. The highest BCUT2D eigenvalue weighted by Gasteiger charge is 2.27. The van der Waals surface area contributed by atoms with Crippen LogP contribution in [0.4, 0.5) is 11.4 Å². The molecule has 1 saturated heterocycles. The maximum absolute atomic E-state index is 12.7. The van der Waals surface area contributed by atoms with Crippen molar-refractivity contribution in [2.24, 2.45) is 10.2 Å². The number of carbonyl (C=O) groups is 4. The van der Waals surface area contributed by atoms with E-state index in [0.29, 0.717) is 13.1 Å². The van der Waals surface area contributed by atoms with Gasteiger partial charge < -0.3 is 5.32 Å². The second-order valence-corrected chi connectivity index (χ2v) is 10.4. The number of sulfonamides is 1. The van der Waals surface area contributed by atoms with Crippen molar-refractivity contribution in [3.8, 4) is 0 Å². The number of nitrogens with one attached hydrogen (secondary N) is 3. The molecule has 0 spiro atoms. The van der Waals surface area contributed by atoms with Gasteiger partial charge in [0.25, 0.3) is 27.7 Å². The number of anilines is 1. The van der Waals surface area contributed by atoms with Crippen LogP contribution in [0.2, 0.25) is 0 Å². The van der Waals surface area contributed by atoms with Crippen molar-refractivity contribution in [1.29, 1.82) is 0 Å². The summed E-state index contributed by atoms with van der Waals surface area (Å²) in [7, 11) is -3.78. The van der Waals surface area contributed by atoms with Crippen molar-refractivity contribution in [2.45, 2.75) is 43.5 Å². The summed E-state index contributed by atoms with van der Waals surface area (Å²) in [6.07, 6.45) is 3.98. The van der Waals surface area contributed by atoms with E-state index in [1.807, 2.05) is 0 Å². The average molecular weight is 527 g/mol. The number of benzene rings is 2. The Morgan fingerprint density at radius 1 is 0.946 bits per heavy atom. The van der Waals surface area contributed by atoms with E-state index in [1.165, 1.54) is 49.4 Å². The third-order valence-electron chi connectivity index (χ3n) is 5.93. The molecule has 12 nitrogen and oxygen atoms in total. The van der Waals surface area contributed by atoms with E-state index in [-0.39, 0.29) is 27.4 Å². The maximum atomic E-state index is 12.7. The van der Waals surface area contributed by atoms with Crippen molar-refractivity contribution < 1.29 is 27.6 Å². The van der Waals surface area contributed by atoms with Crippen molar-refractivity contribution in [3.63, 3.8) is 0 Å². The standard InChI is InChI=1S/C24H26N6O6S/c1-15(31)21(28-27-17-8-11-19-20(14-17)23(33)26-22(19)32)24(34)25-16-6-9-18(10-7-16)37(35,36)29-30-12-4-2-3-5-13-30/h6-11,14,21,29H,2-5,12-13H2,1H3,(H,25,34)(H,26,32,33). The molecule has 0 radical (unpaired) electrons. The van der Waals surface area contributed by atoms with Crippen LogP contribution >= 0.6 is 0 Å². The number of hydrogen-bond donors (Lipinski definition) is 3. The Labute approximate surface area is 213 Å². The first-order valence-electron chi connectivity index (χ1n) is 11.7.